The van der Waals surface area contributed by atoms with Crippen LogP contribution in [0.3, 0.4) is 0 Å². The van der Waals surface area contributed by atoms with E-state index in [-0.39, 0.29) is 12.4 Å². The van der Waals surface area contributed by atoms with Crippen molar-refractivity contribution < 1.29 is 14.2 Å². The zero-order valence-electron chi connectivity index (χ0n) is 11.4. The van der Waals surface area contributed by atoms with Gasteiger partial charge in [0.2, 0.25) is 0 Å². The molecule has 0 radical (unpaired) electrons. The van der Waals surface area contributed by atoms with Crippen LogP contribution < -0.4 is 4.74 Å². The lowest BCUT2D eigenvalue weighted by molar-refractivity contribution is 0.0785. The van der Waals surface area contributed by atoms with E-state index in [0.717, 1.165) is 5.56 Å². The number of ether oxygens (including phenoxy) is 1. The van der Waals surface area contributed by atoms with Crippen LogP contribution in [0.5, 0.6) is 5.75 Å². The molecule has 0 bridgehead atoms. The summed E-state index contributed by atoms with van der Waals surface area (Å²) in [6.45, 7) is 3.48. The van der Waals surface area contributed by atoms with E-state index in [2.05, 4.69) is 0 Å². The zero-order valence-corrected chi connectivity index (χ0v) is 12.1. The van der Waals surface area contributed by atoms with E-state index in [0.29, 0.717) is 16.3 Å². The molecule has 0 aliphatic heterocycles. The summed E-state index contributed by atoms with van der Waals surface area (Å²) in [6, 6.07) is 11.6. The van der Waals surface area contributed by atoms with Crippen molar-refractivity contribution in [2.45, 2.75) is 26.1 Å². The van der Waals surface area contributed by atoms with E-state index in [9.17, 15) is 9.50 Å². The van der Waals surface area contributed by atoms with Crippen LogP contribution in [0.1, 0.15) is 25.0 Å². The van der Waals surface area contributed by atoms with Crippen LogP contribution in [0.25, 0.3) is 0 Å². The van der Waals surface area contributed by atoms with Crippen molar-refractivity contribution >= 4 is 11.6 Å². The summed E-state index contributed by atoms with van der Waals surface area (Å²) in [4.78, 5) is 0. The zero-order chi connectivity index (χ0) is 14.8. The molecule has 20 heavy (non-hydrogen) atoms. The summed E-state index contributed by atoms with van der Waals surface area (Å²) in [5, 5.41) is 10.2. The molecule has 0 unspecified atom stereocenters. The Morgan fingerprint density at radius 3 is 2.35 bits per heavy atom. The number of benzene rings is 2. The van der Waals surface area contributed by atoms with Gasteiger partial charge >= 0.3 is 0 Å². The smallest absolute Gasteiger partial charge is 0.131 e. The highest BCUT2D eigenvalue weighted by atomic mass is 35.5. The van der Waals surface area contributed by atoms with Gasteiger partial charge in [-0.05, 0) is 43.7 Å². The van der Waals surface area contributed by atoms with Crippen molar-refractivity contribution in [3.05, 3.63) is 64.4 Å². The van der Waals surface area contributed by atoms with Gasteiger partial charge in [-0.15, -0.1) is 0 Å². The third kappa shape index (κ3) is 3.50. The Morgan fingerprint density at radius 1 is 1.15 bits per heavy atom. The van der Waals surface area contributed by atoms with Gasteiger partial charge < -0.3 is 9.84 Å². The molecule has 0 aromatic heterocycles. The van der Waals surface area contributed by atoms with E-state index in [4.69, 9.17) is 16.3 Å². The van der Waals surface area contributed by atoms with Gasteiger partial charge in [-0.3, -0.25) is 0 Å². The topological polar surface area (TPSA) is 29.5 Å². The van der Waals surface area contributed by atoms with Crippen LogP contribution in [0.2, 0.25) is 5.02 Å². The SMILES string of the molecule is CC(C)(O)c1ccc(OCc2c(F)cccc2Cl)cc1. The second kappa shape index (κ2) is 5.81. The highest BCUT2D eigenvalue weighted by molar-refractivity contribution is 6.31. The molecule has 2 nitrogen and oxygen atoms in total. The quantitative estimate of drug-likeness (QED) is 0.912. The van der Waals surface area contributed by atoms with Crippen LogP contribution in [0.15, 0.2) is 42.5 Å². The molecule has 0 heterocycles. The molecule has 0 saturated carbocycles. The molecule has 106 valence electrons. The molecule has 0 aliphatic rings. The van der Waals surface area contributed by atoms with E-state index < -0.39 is 5.60 Å². The second-order valence-electron chi connectivity index (χ2n) is 5.07. The minimum atomic E-state index is -0.895. The first-order valence-corrected chi connectivity index (χ1v) is 6.64. The predicted octanol–water partition coefficient (Wildman–Crippen LogP) is 4.29. The first-order valence-electron chi connectivity index (χ1n) is 6.26. The van der Waals surface area contributed by atoms with Gasteiger partial charge in [0.15, 0.2) is 0 Å². The van der Waals surface area contributed by atoms with Crippen molar-refractivity contribution in [2.24, 2.45) is 0 Å². The number of rotatable bonds is 4. The van der Waals surface area contributed by atoms with Gasteiger partial charge in [0.1, 0.15) is 18.2 Å². The van der Waals surface area contributed by atoms with E-state index in [1.165, 1.54) is 6.07 Å². The van der Waals surface area contributed by atoms with Crippen molar-refractivity contribution in [3.63, 3.8) is 0 Å². The number of aliphatic hydroxyl groups is 1. The van der Waals surface area contributed by atoms with Gasteiger partial charge in [0, 0.05) is 5.56 Å². The molecule has 0 fully saturated rings. The van der Waals surface area contributed by atoms with Gasteiger partial charge in [-0.2, -0.15) is 0 Å². The Hall–Kier alpha value is -1.58. The molecule has 2 rings (SSSR count). The van der Waals surface area contributed by atoms with Gasteiger partial charge in [-0.1, -0.05) is 29.8 Å². The standard InChI is InChI=1S/C16H16ClFO2/c1-16(2,19)11-6-8-12(9-7-11)20-10-13-14(17)4-3-5-15(13)18/h3-9,19H,10H2,1-2H3. The fourth-order valence-corrected chi connectivity index (χ4v) is 2.00. The minimum Gasteiger partial charge on any atom is -0.489 e. The average molecular weight is 295 g/mol. The summed E-state index contributed by atoms with van der Waals surface area (Å²) < 4.78 is 19.1. The fourth-order valence-electron chi connectivity index (χ4n) is 1.78. The van der Waals surface area contributed by atoms with Gasteiger partial charge in [0.25, 0.3) is 0 Å². The maximum atomic E-state index is 13.6. The first-order chi connectivity index (χ1) is 9.38. The summed E-state index contributed by atoms with van der Waals surface area (Å²) in [6.07, 6.45) is 0. The molecule has 0 atom stereocenters. The van der Waals surface area contributed by atoms with Crippen LogP contribution in [-0.4, -0.2) is 5.11 Å². The highest BCUT2D eigenvalue weighted by Gasteiger charge is 2.15. The van der Waals surface area contributed by atoms with E-state index >= 15 is 0 Å². The summed E-state index contributed by atoms with van der Waals surface area (Å²) in [5.41, 5.74) is 0.224. The van der Waals surface area contributed by atoms with Crippen LogP contribution in [0.4, 0.5) is 4.39 Å². The third-order valence-electron chi connectivity index (χ3n) is 3.01. The largest absolute Gasteiger partial charge is 0.489 e. The molecular weight excluding hydrogens is 279 g/mol. The lowest BCUT2D eigenvalue weighted by Crippen LogP contribution is -2.14. The maximum absolute atomic E-state index is 13.6. The summed E-state index contributed by atoms with van der Waals surface area (Å²) in [7, 11) is 0. The van der Waals surface area contributed by atoms with E-state index in [1.54, 1.807) is 50.2 Å². The monoisotopic (exact) mass is 294 g/mol. The second-order valence-corrected chi connectivity index (χ2v) is 5.48. The van der Waals surface area contributed by atoms with Gasteiger partial charge in [0.05, 0.1) is 10.6 Å². The van der Waals surface area contributed by atoms with Crippen LogP contribution >= 0.6 is 11.6 Å². The molecule has 0 aliphatic carbocycles. The molecule has 0 saturated heterocycles. The van der Waals surface area contributed by atoms with Crippen molar-refractivity contribution in [2.75, 3.05) is 0 Å². The Bertz CT molecular complexity index is 568. The lowest BCUT2D eigenvalue weighted by atomic mass is 9.99. The molecule has 0 amide bonds. The number of hydrogen-bond acceptors (Lipinski definition) is 2. The van der Waals surface area contributed by atoms with E-state index in [1.807, 2.05) is 0 Å². The molecule has 2 aromatic rings. The van der Waals surface area contributed by atoms with Crippen molar-refractivity contribution in [1.82, 2.24) is 0 Å². The Balaban J connectivity index is 2.08. The third-order valence-corrected chi connectivity index (χ3v) is 3.36. The van der Waals surface area contributed by atoms with Gasteiger partial charge in [-0.25, -0.2) is 4.39 Å². The van der Waals surface area contributed by atoms with Crippen molar-refractivity contribution in [1.29, 1.82) is 0 Å². The predicted molar refractivity (Wildman–Crippen MR) is 77.4 cm³/mol. The first kappa shape index (κ1) is 14.8. The maximum Gasteiger partial charge on any atom is 0.131 e. The van der Waals surface area contributed by atoms with Crippen LogP contribution in [-0.2, 0) is 12.2 Å². The van der Waals surface area contributed by atoms with Crippen molar-refractivity contribution in [3.8, 4) is 5.75 Å². The Morgan fingerprint density at radius 2 is 1.80 bits per heavy atom. The Labute approximate surface area is 122 Å². The molecule has 4 heteroatoms. The highest BCUT2D eigenvalue weighted by Crippen LogP contribution is 2.24. The molecule has 2 aromatic carbocycles. The lowest BCUT2D eigenvalue weighted by Gasteiger charge is -2.18. The average Bonchev–Trinajstić information content (AvgIpc) is 2.37. The number of hydrogen-bond donors (Lipinski definition) is 1. The number of halogens is 2. The summed E-state index contributed by atoms with van der Waals surface area (Å²) >= 11 is 5.93. The van der Waals surface area contributed by atoms with Crippen LogP contribution in [0, 0.1) is 5.82 Å². The summed E-state index contributed by atoms with van der Waals surface area (Å²) in [5.74, 6) is 0.211. The molecule has 1 N–H and O–H groups in total. The molecular formula is C16H16ClFO2. The fraction of sp³-hybridized carbons (Fsp3) is 0.250. The minimum absolute atomic E-state index is 0.0629. The molecule has 0 spiro atoms. The Kier molecular flexibility index (Phi) is 4.31. The normalized spacial score (nSPS) is 11.4.